The molecule has 172 valence electrons. The van der Waals surface area contributed by atoms with E-state index in [1.807, 2.05) is 24.0 Å². The molecule has 1 aromatic carbocycles. The Balaban J connectivity index is 1.35. The van der Waals surface area contributed by atoms with Gasteiger partial charge in [-0.2, -0.15) is 0 Å². The van der Waals surface area contributed by atoms with E-state index in [1.165, 1.54) is 6.07 Å². The smallest absolute Gasteiger partial charge is 0.222 e. The summed E-state index contributed by atoms with van der Waals surface area (Å²) in [4.78, 5) is 28.0. The quantitative estimate of drug-likeness (QED) is 0.546. The summed E-state index contributed by atoms with van der Waals surface area (Å²) in [5, 5.41) is 3.29. The molecule has 0 aliphatic carbocycles. The third kappa shape index (κ3) is 6.12. The lowest BCUT2D eigenvalue weighted by Crippen LogP contribution is -2.39. The van der Waals surface area contributed by atoms with E-state index in [0.717, 1.165) is 54.9 Å². The Kier molecular flexibility index (Phi) is 7.27. The maximum atomic E-state index is 13.5. The van der Waals surface area contributed by atoms with Gasteiger partial charge < -0.3 is 10.2 Å². The maximum absolute atomic E-state index is 13.5. The maximum Gasteiger partial charge on any atom is 0.222 e. The number of carbonyl (C=O) groups excluding carboxylic acids is 1. The number of aromatic nitrogens is 3. The molecule has 3 heterocycles. The zero-order valence-corrected chi connectivity index (χ0v) is 19.2. The second-order valence-corrected chi connectivity index (χ2v) is 8.75. The molecule has 1 amide bonds. The van der Waals surface area contributed by atoms with E-state index < -0.39 is 0 Å². The van der Waals surface area contributed by atoms with E-state index in [0.29, 0.717) is 24.3 Å². The van der Waals surface area contributed by atoms with Gasteiger partial charge in [0.2, 0.25) is 5.91 Å². The first kappa shape index (κ1) is 22.8. The molecule has 33 heavy (non-hydrogen) atoms. The van der Waals surface area contributed by atoms with Crippen molar-refractivity contribution in [3.05, 3.63) is 77.3 Å². The summed E-state index contributed by atoms with van der Waals surface area (Å²) in [6.07, 6.45) is 9.01. The first-order chi connectivity index (χ1) is 16.0. The standard InChI is InChI=1S/C26H30FN5O/c1-18-13-20(8-9-23(18)27)5-3-7-26(33)32-12-4-6-21(17-32)24-15-22(14-19(2)30-24)31-25-16-28-10-11-29-25/h8-11,13-16,21H,3-7,12,17H2,1-2H3,(H,29,30,31)/t21-/m0/s1. The zero-order chi connectivity index (χ0) is 23.2. The summed E-state index contributed by atoms with van der Waals surface area (Å²) in [6, 6.07) is 9.22. The van der Waals surface area contributed by atoms with Crippen molar-refractivity contribution in [2.75, 3.05) is 18.4 Å². The van der Waals surface area contributed by atoms with Crippen molar-refractivity contribution in [1.29, 1.82) is 0 Å². The Morgan fingerprint density at radius 1 is 1.21 bits per heavy atom. The molecule has 1 atom stereocenters. The summed E-state index contributed by atoms with van der Waals surface area (Å²) >= 11 is 0. The average molecular weight is 448 g/mol. The van der Waals surface area contributed by atoms with Gasteiger partial charge in [-0.15, -0.1) is 0 Å². The Hall–Kier alpha value is -3.35. The van der Waals surface area contributed by atoms with Gasteiger partial charge in [0.05, 0.1) is 6.20 Å². The van der Waals surface area contributed by atoms with E-state index in [4.69, 9.17) is 4.98 Å². The molecule has 4 rings (SSSR count). The highest BCUT2D eigenvalue weighted by Gasteiger charge is 2.25. The minimum atomic E-state index is -0.186. The second-order valence-electron chi connectivity index (χ2n) is 8.75. The predicted octanol–water partition coefficient (Wildman–Crippen LogP) is 5.10. The molecule has 1 N–H and O–H groups in total. The fraction of sp³-hybridized carbons (Fsp3) is 0.385. The van der Waals surface area contributed by atoms with Crippen LogP contribution in [-0.2, 0) is 11.2 Å². The number of halogens is 1. The van der Waals surface area contributed by atoms with Gasteiger partial charge >= 0.3 is 0 Å². The van der Waals surface area contributed by atoms with Crippen LogP contribution in [0, 0.1) is 19.7 Å². The minimum Gasteiger partial charge on any atom is -0.342 e. The van der Waals surface area contributed by atoms with Crippen LogP contribution in [0.25, 0.3) is 0 Å². The molecule has 1 aliphatic heterocycles. The molecule has 6 nitrogen and oxygen atoms in total. The second kappa shape index (κ2) is 10.5. The Morgan fingerprint density at radius 3 is 2.88 bits per heavy atom. The van der Waals surface area contributed by atoms with Crippen LogP contribution in [0.3, 0.4) is 0 Å². The molecule has 0 saturated carbocycles. The molecule has 2 aromatic heterocycles. The Labute approximate surface area is 194 Å². The number of nitrogens with zero attached hydrogens (tertiary/aromatic N) is 4. The van der Waals surface area contributed by atoms with Crippen LogP contribution < -0.4 is 5.32 Å². The van der Waals surface area contributed by atoms with Gasteiger partial charge in [-0.25, -0.2) is 9.37 Å². The molecular weight excluding hydrogens is 417 g/mol. The summed E-state index contributed by atoms with van der Waals surface area (Å²) in [5.74, 6) is 0.897. The first-order valence-electron chi connectivity index (χ1n) is 11.5. The van der Waals surface area contributed by atoms with Gasteiger partial charge in [0, 0.05) is 54.9 Å². The number of likely N-dealkylation sites (tertiary alicyclic amines) is 1. The van der Waals surface area contributed by atoms with Crippen molar-refractivity contribution in [2.24, 2.45) is 0 Å². The van der Waals surface area contributed by atoms with Crippen molar-refractivity contribution in [2.45, 2.75) is 51.9 Å². The van der Waals surface area contributed by atoms with Gasteiger partial charge in [-0.05, 0) is 68.9 Å². The number of aryl methyl sites for hydroxylation is 3. The van der Waals surface area contributed by atoms with Gasteiger partial charge in [0.1, 0.15) is 11.6 Å². The molecule has 1 saturated heterocycles. The van der Waals surface area contributed by atoms with E-state index in [2.05, 4.69) is 21.4 Å². The van der Waals surface area contributed by atoms with Crippen molar-refractivity contribution in [3.63, 3.8) is 0 Å². The van der Waals surface area contributed by atoms with Crippen LogP contribution >= 0.6 is 0 Å². The van der Waals surface area contributed by atoms with Crippen LogP contribution in [-0.4, -0.2) is 38.8 Å². The van der Waals surface area contributed by atoms with Crippen LogP contribution in [0.4, 0.5) is 15.9 Å². The normalized spacial score (nSPS) is 16.0. The van der Waals surface area contributed by atoms with E-state index in [9.17, 15) is 9.18 Å². The number of benzene rings is 1. The fourth-order valence-corrected chi connectivity index (χ4v) is 4.40. The SMILES string of the molecule is Cc1cc(Nc2cnccn2)cc([C@H]2CCCN(C(=O)CCCc3ccc(F)c(C)c3)C2)n1. The Bertz CT molecular complexity index is 1110. The van der Waals surface area contributed by atoms with Crippen LogP contribution in [0.2, 0.25) is 0 Å². The number of hydrogen-bond acceptors (Lipinski definition) is 5. The summed E-state index contributed by atoms with van der Waals surface area (Å²) < 4.78 is 13.5. The highest BCUT2D eigenvalue weighted by molar-refractivity contribution is 5.76. The molecule has 0 unspecified atom stereocenters. The molecule has 3 aromatic rings. The fourth-order valence-electron chi connectivity index (χ4n) is 4.40. The van der Waals surface area contributed by atoms with Crippen LogP contribution in [0.15, 0.2) is 48.9 Å². The predicted molar refractivity (Wildman–Crippen MR) is 127 cm³/mol. The summed E-state index contributed by atoms with van der Waals surface area (Å²) in [6.45, 7) is 5.23. The summed E-state index contributed by atoms with van der Waals surface area (Å²) in [7, 11) is 0. The number of pyridine rings is 1. The minimum absolute atomic E-state index is 0.184. The molecule has 7 heteroatoms. The Morgan fingerprint density at radius 2 is 2.09 bits per heavy atom. The lowest BCUT2D eigenvalue weighted by molar-refractivity contribution is -0.132. The van der Waals surface area contributed by atoms with E-state index in [-0.39, 0.29) is 17.6 Å². The van der Waals surface area contributed by atoms with Gasteiger partial charge in [0.15, 0.2) is 0 Å². The highest BCUT2D eigenvalue weighted by atomic mass is 19.1. The summed E-state index contributed by atoms with van der Waals surface area (Å²) in [5.41, 5.74) is 4.58. The number of amides is 1. The number of nitrogens with one attached hydrogen (secondary N) is 1. The third-order valence-electron chi connectivity index (χ3n) is 6.08. The van der Waals surface area contributed by atoms with Crippen LogP contribution in [0.5, 0.6) is 0 Å². The monoisotopic (exact) mass is 447 g/mol. The molecule has 0 bridgehead atoms. The van der Waals surface area contributed by atoms with Crippen LogP contribution in [0.1, 0.15) is 54.1 Å². The van der Waals surface area contributed by atoms with Crippen molar-refractivity contribution in [3.8, 4) is 0 Å². The van der Waals surface area contributed by atoms with E-state index >= 15 is 0 Å². The average Bonchev–Trinajstić information content (AvgIpc) is 2.82. The number of anilines is 2. The molecule has 1 aliphatic rings. The number of rotatable bonds is 7. The largest absolute Gasteiger partial charge is 0.342 e. The van der Waals surface area contributed by atoms with Crippen molar-refractivity contribution >= 4 is 17.4 Å². The van der Waals surface area contributed by atoms with Gasteiger partial charge in [0.25, 0.3) is 0 Å². The highest BCUT2D eigenvalue weighted by Crippen LogP contribution is 2.29. The molecule has 1 fully saturated rings. The first-order valence-corrected chi connectivity index (χ1v) is 11.5. The van der Waals surface area contributed by atoms with E-state index in [1.54, 1.807) is 31.6 Å². The molecule has 0 radical (unpaired) electrons. The topological polar surface area (TPSA) is 71.0 Å². The van der Waals surface area contributed by atoms with Gasteiger partial charge in [-0.3, -0.25) is 14.8 Å². The lowest BCUT2D eigenvalue weighted by atomic mass is 9.93. The molecule has 0 spiro atoms. The zero-order valence-electron chi connectivity index (χ0n) is 19.2. The van der Waals surface area contributed by atoms with Crippen molar-refractivity contribution in [1.82, 2.24) is 19.9 Å². The van der Waals surface area contributed by atoms with Crippen molar-refractivity contribution < 1.29 is 9.18 Å². The number of hydrogen-bond donors (Lipinski definition) is 1. The van der Waals surface area contributed by atoms with Gasteiger partial charge in [-0.1, -0.05) is 12.1 Å². The third-order valence-corrected chi connectivity index (χ3v) is 6.08. The lowest BCUT2D eigenvalue weighted by Gasteiger charge is -2.33. The number of carbonyl (C=O) groups is 1. The number of piperidine rings is 1. The molecular formula is C26H30FN5O.